The summed E-state index contributed by atoms with van der Waals surface area (Å²) < 4.78 is 0. The topological polar surface area (TPSA) is 23.9 Å². The minimum absolute atomic E-state index is 0.102. The van der Waals surface area contributed by atoms with Gasteiger partial charge in [-0.25, -0.2) is 0 Å². The first-order valence-electron chi connectivity index (χ1n) is 4.40. The number of nitrogens with one attached hydrogen (secondary N) is 1. The molecule has 68 valence electrons. The summed E-state index contributed by atoms with van der Waals surface area (Å²) in [6, 6.07) is 0. The van der Waals surface area contributed by atoms with Crippen molar-refractivity contribution in [2.75, 3.05) is 0 Å². The van der Waals surface area contributed by atoms with Crippen LogP contribution in [0.3, 0.4) is 0 Å². The third kappa shape index (κ3) is 3.24. The van der Waals surface area contributed by atoms with Gasteiger partial charge in [0, 0.05) is 11.6 Å². The molecule has 0 atom stereocenters. The summed E-state index contributed by atoms with van der Waals surface area (Å²) in [7, 11) is 0. The van der Waals surface area contributed by atoms with Gasteiger partial charge in [-0.05, 0) is 11.6 Å². The zero-order valence-electron chi connectivity index (χ0n) is 8.12. The maximum atomic E-state index is 6.90. The fourth-order valence-electron chi connectivity index (χ4n) is 1.26. The molecule has 1 aliphatic carbocycles. The van der Waals surface area contributed by atoms with Crippen LogP contribution in [0.5, 0.6) is 0 Å². The molecule has 0 radical (unpaired) electrons. The molecule has 13 heavy (non-hydrogen) atoms. The average Bonchev–Trinajstić information content (AvgIpc) is 2.22. The second-order valence-corrected chi connectivity index (χ2v) is 3.71. The quantitative estimate of drug-likeness (QED) is 0.620. The number of hydrogen-bond donors (Lipinski definition) is 1. The van der Waals surface area contributed by atoms with E-state index in [0.29, 0.717) is 0 Å². The summed E-state index contributed by atoms with van der Waals surface area (Å²) in [5.41, 5.74) is 1.25. The zero-order valence-corrected chi connectivity index (χ0v) is 8.12. The Morgan fingerprint density at radius 1 is 1.31 bits per heavy atom. The van der Waals surface area contributed by atoms with Crippen molar-refractivity contribution in [2.24, 2.45) is 5.41 Å². The van der Waals surface area contributed by atoms with Crippen LogP contribution in [0.1, 0.15) is 13.8 Å². The fraction of sp³-hybridized carbons (Fsp3) is 0.250. The smallest absolute Gasteiger partial charge is 0.0177 e. The van der Waals surface area contributed by atoms with Crippen molar-refractivity contribution < 1.29 is 0 Å². The van der Waals surface area contributed by atoms with Crippen LogP contribution >= 0.6 is 0 Å². The first kappa shape index (κ1) is 9.72. The van der Waals surface area contributed by atoms with Gasteiger partial charge in [-0.1, -0.05) is 50.3 Å². The highest BCUT2D eigenvalue weighted by atomic mass is 14.3. The molecule has 0 fully saturated rings. The van der Waals surface area contributed by atoms with Gasteiger partial charge in [0.1, 0.15) is 0 Å². The number of rotatable bonds is 2. The highest BCUT2D eigenvalue weighted by Crippen LogP contribution is 2.24. The van der Waals surface area contributed by atoms with Gasteiger partial charge < -0.3 is 5.41 Å². The van der Waals surface area contributed by atoms with Crippen molar-refractivity contribution in [3.8, 4) is 0 Å². The van der Waals surface area contributed by atoms with E-state index in [0.717, 1.165) is 5.57 Å². The molecule has 0 heterocycles. The Morgan fingerprint density at radius 3 is 2.77 bits per heavy atom. The van der Waals surface area contributed by atoms with Gasteiger partial charge in [0.15, 0.2) is 0 Å². The molecule has 0 aromatic heterocycles. The Morgan fingerprint density at radius 2 is 2.08 bits per heavy atom. The largest absolute Gasteiger partial charge is 0.309 e. The van der Waals surface area contributed by atoms with Crippen molar-refractivity contribution in [3.05, 3.63) is 48.1 Å². The standard InChI is InChI=1S/C12H15N/c1-12(2)8-4-3-6-11(10-12)7-5-9-13/h3-10,13H,1-2H3/b7-5+,13-9?. The van der Waals surface area contributed by atoms with Crippen molar-refractivity contribution in [3.63, 3.8) is 0 Å². The minimum atomic E-state index is 0.102. The van der Waals surface area contributed by atoms with E-state index in [4.69, 9.17) is 5.41 Å². The molecule has 1 N–H and O–H groups in total. The van der Waals surface area contributed by atoms with Crippen molar-refractivity contribution >= 4 is 6.21 Å². The molecule has 0 amide bonds. The summed E-state index contributed by atoms with van der Waals surface area (Å²) in [5.74, 6) is 0. The van der Waals surface area contributed by atoms with Gasteiger partial charge >= 0.3 is 0 Å². The number of allylic oxidation sites excluding steroid dienone is 8. The predicted octanol–water partition coefficient (Wildman–Crippen LogP) is 3.27. The maximum Gasteiger partial charge on any atom is 0.0177 e. The maximum absolute atomic E-state index is 6.90. The van der Waals surface area contributed by atoms with E-state index in [9.17, 15) is 0 Å². The van der Waals surface area contributed by atoms with Crippen LogP contribution in [0.25, 0.3) is 0 Å². The second-order valence-electron chi connectivity index (χ2n) is 3.71. The van der Waals surface area contributed by atoms with Crippen LogP contribution in [0.4, 0.5) is 0 Å². The predicted molar refractivity (Wildman–Crippen MR) is 58.1 cm³/mol. The van der Waals surface area contributed by atoms with Crippen LogP contribution in [-0.4, -0.2) is 6.21 Å². The monoisotopic (exact) mass is 173 g/mol. The van der Waals surface area contributed by atoms with E-state index < -0.39 is 0 Å². The van der Waals surface area contributed by atoms with Crippen LogP contribution in [0.15, 0.2) is 48.1 Å². The van der Waals surface area contributed by atoms with Crippen LogP contribution in [0.2, 0.25) is 0 Å². The van der Waals surface area contributed by atoms with Crippen molar-refractivity contribution in [1.29, 1.82) is 5.41 Å². The van der Waals surface area contributed by atoms with Gasteiger partial charge in [-0.3, -0.25) is 0 Å². The summed E-state index contributed by atoms with van der Waals surface area (Å²) in [4.78, 5) is 0. The lowest BCUT2D eigenvalue weighted by Gasteiger charge is -2.13. The van der Waals surface area contributed by atoms with Crippen molar-refractivity contribution in [1.82, 2.24) is 0 Å². The third-order valence-electron chi connectivity index (χ3n) is 1.85. The van der Waals surface area contributed by atoms with Crippen LogP contribution in [-0.2, 0) is 0 Å². The highest BCUT2D eigenvalue weighted by Gasteiger charge is 2.10. The molecule has 0 aliphatic heterocycles. The lowest BCUT2D eigenvalue weighted by Crippen LogP contribution is -2.02. The molecule has 1 heteroatoms. The highest BCUT2D eigenvalue weighted by molar-refractivity contribution is 5.69. The van der Waals surface area contributed by atoms with Gasteiger partial charge in [-0.15, -0.1) is 0 Å². The van der Waals surface area contributed by atoms with E-state index in [1.54, 1.807) is 6.08 Å². The third-order valence-corrected chi connectivity index (χ3v) is 1.85. The molecule has 0 saturated heterocycles. The average molecular weight is 173 g/mol. The Hall–Kier alpha value is -1.37. The molecule has 0 aromatic carbocycles. The zero-order chi connectivity index (χ0) is 9.73. The van der Waals surface area contributed by atoms with E-state index >= 15 is 0 Å². The normalized spacial score (nSPS) is 20.0. The molecular formula is C12H15N. The van der Waals surface area contributed by atoms with Crippen molar-refractivity contribution in [2.45, 2.75) is 13.8 Å². The lowest BCUT2D eigenvalue weighted by atomic mass is 9.91. The summed E-state index contributed by atoms with van der Waals surface area (Å²) in [5, 5.41) is 6.90. The SMILES string of the molecule is CC1(C)C=CC=CC(/C=C/C=N)=C1. The molecule has 1 nitrogen and oxygen atoms in total. The molecule has 1 aliphatic rings. The molecule has 0 aromatic rings. The first-order valence-corrected chi connectivity index (χ1v) is 4.40. The van der Waals surface area contributed by atoms with Gasteiger partial charge in [0.05, 0.1) is 0 Å². The number of hydrogen-bond acceptors (Lipinski definition) is 1. The van der Waals surface area contributed by atoms with Gasteiger partial charge in [-0.2, -0.15) is 0 Å². The second kappa shape index (κ2) is 4.04. The Kier molecular flexibility index (Phi) is 3.02. The Labute approximate surface area is 79.7 Å². The van der Waals surface area contributed by atoms with Crippen LogP contribution < -0.4 is 0 Å². The molecule has 0 unspecified atom stereocenters. The molecule has 1 rings (SSSR count). The molecule has 0 saturated carbocycles. The Bertz CT molecular complexity index is 301. The summed E-state index contributed by atoms with van der Waals surface area (Å²) >= 11 is 0. The summed E-state index contributed by atoms with van der Waals surface area (Å²) in [6.45, 7) is 4.32. The summed E-state index contributed by atoms with van der Waals surface area (Å²) in [6.07, 6.45) is 15.4. The Balaban J connectivity index is 2.91. The lowest BCUT2D eigenvalue weighted by molar-refractivity contribution is 0.625. The van der Waals surface area contributed by atoms with E-state index in [1.165, 1.54) is 6.21 Å². The minimum Gasteiger partial charge on any atom is -0.309 e. The van der Waals surface area contributed by atoms with Gasteiger partial charge in [0.25, 0.3) is 0 Å². The molecule has 0 spiro atoms. The van der Waals surface area contributed by atoms with Gasteiger partial charge in [0.2, 0.25) is 0 Å². The fourth-order valence-corrected chi connectivity index (χ4v) is 1.26. The van der Waals surface area contributed by atoms with Crippen LogP contribution in [0, 0.1) is 10.8 Å². The van der Waals surface area contributed by atoms with E-state index in [-0.39, 0.29) is 5.41 Å². The first-order chi connectivity index (χ1) is 6.14. The van der Waals surface area contributed by atoms with E-state index in [1.807, 2.05) is 18.2 Å². The molecule has 0 bridgehead atoms. The van der Waals surface area contributed by atoms with E-state index in [2.05, 4.69) is 32.1 Å². The molecular weight excluding hydrogens is 158 g/mol.